The van der Waals surface area contributed by atoms with Gasteiger partial charge in [0, 0.05) is 16.7 Å². The predicted octanol–water partition coefficient (Wildman–Crippen LogP) is 4.25. The fourth-order valence-electron chi connectivity index (χ4n) is 1.71. The smallest absolute Gasteiger partial charge is 0.124 e. The minimum Gasteiger partial charge on any atom is -0.313 e. The first-order valence-corrected chi connectivity index (χ1v) is 7.36. The Morgan fingerprint density at radius 3 is 2.89 bits per heavy atom. The molecule has 1 atom stereocenters. The van der Waals surface area contributed by atoms with E-state index in [9.17, 15) is 4.39 Å². The summed E-state index contributed by atoms with van der Waals surface area (Å²) in [6.45, 7) is 9.18. The average molecular weight is 267 g/mol. The van der Waals surface area contributed by atoms with Gasteiger partial charge in [0.05, 0.1) is 0 Å². The minimum absolute atomic E-state index is 0.169. The van der Waals surface area contributed by atoms with Gasteiger partial charge in [-0.15, -0.1) is 18.3 Å². The van der Waals surface area contributed by atoms with Gasteiger partial charge < -0.3 is 5.32 Å². The molecule has 0 saturated heterocycles. The topological polar surface area (TPSA) is 12.0 Å². The van der Waals surface area contributed by atoms with Gasteiger partial charge in [0.15, 0.2) is 0 Å². The highest BCUT2D eigenvalue weighted by atomic mass is 32.2. The molecule has 1 aromatic carbocycles. The maximum Gasteiger partial charge on any atom is 0.124 e. The van der Waals surface area contributed by atoms with Crippen LogP contribution in [-0.4, -0.2) is 18.3 Å². The molecule has 1 N–H and O–H groups in total. The summed E-state index contributed by atoms with van der Waals surface area (Å²) in [7, 11) is 0. The van der Waals surface area contributed by atoms with Crippen LogP contribution in [0.2, 0.25) is 0 Å². The van der Waals surface area contributed by atoms with Crippen molar-refractivity contribution in [2.45, 2.75) is 37.6 Å². The van der Waals surface area contributed by atoms with Crippen LogP contribution in [0.4, 0.5) is 4.39 Å². The maximum atomic E-state index is 13.1. The van der Waals surface area contributed by atoms with Crippen molar-refractivity contribution in [1.29, 1.82) is 0 Å². The summed E-state index contributed by atoms with van der Waals surface area (Å²) in [6, 6.07) is 7.18. The zero-order valence-corrected chi connectivity index (χ0v) is 12.0. The molecule has 0 bridgehead atoms. The second-order valence-electron chi connectivity index (χ2n) is 4.58. The van der Waals surface area contributed by atoms with E-state index < -0.39 is 0 Å². The van der Waals surface area contributed by atoms with Gasteiger partial charge in [0.2, 0.25) is 0 Å². The molecule has 0 aliphatic heterocycles. The number of rotatable bonds is 8. The molecule has 18 heavy (non-hydrogen) atoms. The highest BCUT2D eigenvalue weighted by Gasteiger charge is 2.08. The molecular weight excluding hydrogens is 245 g/mol. The Balaban J connectivity index is 2.47. The summed E-state index contributed by atoms with van der Waals surface area (Å²) >= 11 is 1.69. The SMILES string of the molecule is C=C(C)CC(CSc1cccc(F)c1)NCCC. The fourth-order valence-corrected chi connectivity index (χ4v) is 2.71. The predicted molar refractivity (Wildman–Crippen MR) is 78.6 cm³/mol. The van der Waals surface area contributed by atoms with Crippen LogP contribution in [0, 0.1) is 5.82 Å². The normalized spacial score (nSPS) is 12.4. The Labute approximate surface area is 114 Å². The van der Waals surface area contributed by atoms with Gasteiger partial charge >= 0.3 is 0 Å². The quantitative estimate of drug-likeness (QED) is 0.558. The molecule has 1 unspecified atom stereocenters. The van der Waals surface area contributed by atoms with E-state index >= 15 is 0 Å². The second-order valence-corrected chi connectivity index (χ2v) is 5.67. The van der Waals surface area contributed by atoms with Crippen molar-refractivity contribution in [2.24, 2.45) is 0 Å². The summed E-state index contributed by atoms with van der Waals surface area (Å²) in [4.78, 5) is 0.986. The van der Waals surface area contributed by atoms with Crippen LogP contribution in [0.15, 0.2) is 41.3 Å². The Hall–Kier alpha value is -0.800. The lowest BCUT2D eigenvalue weighted by Gasteiger charge is -2.18. The van der Waals surface area contributed by atoms with Gasteiger partial charge in [0.25, 0.3) is 0 Å². The Kier molecular flexibility index (Phi) is 7.06. The summed E-state index contributed by atoms with van der Waals surface area (Å²) in [5.74, 6) is 0.772. The second kappa shape index (κ2) is 8.33. The van der Waals surface area contributed by atoms with Gasteiger partial charge in [-0.3, -0.25) is 0 Å². The van der Waals surface area contributed by atoms with Gasteiger partial charge in [0.1, 0.15) is 5.82 Å². The summed E-state index contributed by atoms with van der Waals surface area (Å²) in [5, 5.41) is 3.51. The van der Waals surface area contributed by atoms with Crippen molar-refractivity contribution in [1.82, 2.24) is 5.32 Å². The molecule has 100 valence electrons. The molecule has 0 spiro atoms. The molecular formula is C15H22FNS. The van der Waals surface area contributed by atoms with Crippen molar-refractivity contribution in [3.8, 4) is 0 Å². The van der Waals surface area contributed by atoms with Gasteiger partial charge in [-0.2, -0.15) is 0 Å². The van der Waals surface area contributed by atoms with Gasteiger partial charge in [-0.05, 0) is 44.5 Å². The lowest BCUT2D eigenvalue weighted by atomic mass is 10.1. The molecule has 1 aromatic rings. The number of benzene rings is 1. The third-order valence-corrected chi connectivity index (χ3v) is 3.68. The van der Waals surface area contributed by atoms with E-state index in [2.05, 4.69) is 18.8 Å². The number of thioether (sulfide) groups is 1. The average Bonchev–Trinajstić information content (AvgIpc) is 2.32. The first-order chi connectivity index (χ1) is 8.61. The number of nitrogens with one attached hydrogen (secondary N) is 1. The summed E-state index contributed by atoms with van der Waals surface area (Å²) in [6.07, 6.45) is 2.10. The van der Waals surface area contributed by atoms with Crippen LogP contribution in [0.5, 0.6) is 0 Å². The van der Waals surface area contributed by atoms with Crippen molar-refractivity contribution >= 4 is 11.8 Å². The summed E-state index contributed by atoms with van der Waals surface area (Å²) in [5.41, 5.74) is 1.18. The molecule has 1 nitrogen and oxygen atoms in total. The molecule has 0 saturated carbocycles. The Morgan fingerprint density at radius 1 is 1.50 bits per heavy atom. The number of hydrogen-bond acceptors (Lipinski definition) is 2. The van der Waals surface area contributed by atoms with Crippen LogP contribution in [-0.2, 0) is 0 Å². The Bertz CT molecular complexity index is 379. The lowest BCUT2D eigenvalue weighted by molar-refractivity contribution is 0.549. The molecule has 0 aliphatic rings. The first-order valence-electron chi connectivity index (χ1n) is 6.38. The zero-order chi connectivity index (χ0) is 13.4. The van der Waals surface area contributed by atoms with Crippen molar-refractivity contribution in [3.05, 3.63) is 42.2 Å². The monoisotopic (exact) mass is 267 g/mol. The van der Waals surface area contributed by atoms with Crippen LogP contribution < -0.4 is 5.32 Å². The van der Waals surface area contributed by atoms with Crippen LogP contribution in [0.1, 0.15) is 26.7 Å². The standard InChI is InChI=1S/C15H22FNS/c1-4-8-17-14(9-12(2)3)11-18-15-7-5-6-13(16)10-15/h5-7,10,14,17H,2,4,8-9,11H2,1,3H3. The molecule has 0 fully saturated rings. The summed E-state index contributed by atoms with van der Waals surface area (Å²) < 4.78 is 13.1. The highest BCUT2D eigenvalue weighted by Crippen LogP contribution is 2.21. The van der Waals surface area contributed by atoms with E-state index in [0.717, 1.165) is 30.0 Å². The third kappa shape index (κ3) is 6.22. The third-order valence-electron chi connectivity index (χ3n) is 2.53. The molecule has 0 amide bonds. The van der Waals surface area contributed by atoms with Crippen molar-refractivity contribution in [3.63, 3.8) is 0 Å². The molecule has 0 aromatic heterocycles. The maximum absolute atomic E-state index is 13.1. The Morgan fingerprint density at radius 2 is 2.28 bits per heavy atom. The first kappa shape index (κ1) is 15.3. The molecule has 3 heteroatoms. The van der Waals surface area contributed by atoms with Crippen molar-refractivity contribution in [2.75, 3.05) is 12.3 Å². The van der Waals surface area contributed by atoms with E-state index in [1.807, 2.05) is 13.0 Å². The number of hydrogen-bond donors (Lipinski definition) is 1. The highest BCUT2D eigenvalue weighted by molar-refractivity contribution is 7.99. The van der Waals surface area contributed by atoms with Crippen LogP contribution in [0.25, 0.3) is 0 Å². The van der Waals surface area contributed by atoms with Crippen molar-refractivity contribution < 1.29 is 4.39 Å². The van der Waals surface area contributed by atoms with Crippen LogP contribution >= 0.6 is 11.8 Å². The van der Waals surface area contributed by atoms with E-state index in [-0.39, 0.29) is 5.82 Å². The van der Waals surface area contributed by atoms with Gasteiger partial charge in [-0.25, -0.2) is 4.39 Å². The number of halogens is 1. The van der Waals surface area contributed by atoms with E-state index in [0.29, 0.717) is 6.04 Å². The molecule has 0 heterocycles. The zero-order valence-electron chi connectivity index (χ0n) is 11.2. The van der Waals surface area contributed by atoms with Crippen LogP contribution in [0.3, 0.4) is 0 Å². The van der Waals surface area contributed by atoms with Gasteiger partial charge in [-0.1, -0.05) is 18.6 Å². The largest absolute Gasteiger partial charge is 0.313 e. The molecule has 0 radical (unpaired) electrons. The molecule has 0 aliphatic carbocycles. The molecule has 1 rings (SSSR count). The van der Waals surface area contributed by atoms with E-state index in [1.165, 1.54) is 11.6 Å². The van der Waals surface area contributed by atoms with E-state index in [4.69, 9.17) is 0 Å². The fraction of sp³-hybridized carbons (Fsp3) is 0.467. The lowest BCUT2D eigenvalue weighted by Crippen LogP contribution is -2.32. The van der Waals surface area contributed by atoms with E-state index in [1.54, 1.807) is 23.9 Å². The minimum atomic E-state index is -0.169.